The van der Waals surface area contributed by atoms with Gasteiger partial charge in [-0.2, -0.15) is 0 Å². The van der Waals surface area contributed by atoms with E-state index in [1.807, 2.05) is 6.07 Å². The molecule has 3 nitrogen and oxygen atoms in total. The molecule has 0 aliphatic carbocycles. The molecule has 2 heterocycles. The Morgan fingerprint density at radius 1 is 1.26 bits per heavy atom. The molecule has 0 bridgehead atoms. The first-order valence-corrected chi connectivity index (χ1v) is 8.23. The lowest BCUT2D eigenvalue weighted by Crippen LogP contribution is -2.52. The fourth-order valence-corrected chi connectivity index (χ4v) is 4.53. The summed E-state index contributed by atoms with van der Waals surface area (Å²) in [6.07, 6.45) is 4.03. The Morgan fingerprint density at radius 3 is 2.89 bits per heavy atom. The van der Waals surface area contributed by atoms with Crippen molar-refractivity contribution in [3.63, 3.8) is 0 Å². The largest absolute Gasteiger partial charge is 0.399 e. The second kappa shape index (κ2) is 5.48. The predicted octanol–water partition coefficient (Wildman–Crippen LogP) is 2.79. The Labute approximate surface area is 129 Å². The fourth-order valence-electron chi connectivity index (χ4n) is 3.65. The molecule has 1 aromatic carbocycles. The molecule has 1 aromatic rings. The molecule has 2 N–H and O–H groups in total. The average Bonchev–Trinajstić information content (AvgIpc) is 2.38. The van der Waals surface area contributed by atoms with Crippen LogP contribution < -0.4 is 10.6 Å². The summed E-state index contributed by atoms with van der Waals surface area (Å²) in [5.74, 6) is 0.834. The lowest BCUT2D eigenvalue weighted by molar-refractivity contribution is 0.102. The molecule has 0 saturated carbocycles. The highest BCUT2D eigenvalue weighted by atomic mass is 127. The van der Waals surface area contributed by atoms with Crippen molar-refractivity contribution in [1.29, 1.82) is 0 Å². The van der Waals surface area contributed by atoms with Crippen LogP contribution in [0, 0.1) is 9.49 Å². The van der Waals surface area contributed by atoms with E-state index in [0.717, 1.165) is 17.6 Å². The zero-order chi connectivity index (χ0) is 13.4. The van der Waals surface area contributed by atoms with Gasteiger partial charge in [0.2, 0.25) is 0 Å². The molecule has 0 amide bonds. The van der Waals surface area contributed by atoms with Crippen LogP contribution in [-0.2, 0) is 0 Å². The summed E-state index contributed by atoms with van der Waals surface area (Å²) in [5.41, 5.74) is 8.08. The molecule has 3 rings (SSSR count). The SMILES string of the molecule is CN1CCCC2CN(c3ccc(N)cc3I)CCC21. The number of piperidine rings is 2. The highest BCUT2D eigenvalue weighted by Crippen LogP contribution is 2.34. The molecule has 2 unspecified atom stereocenters. The number of fused-ring (bicyclic) bond motifs is 1. The van der Waals surface area contributed by atoms with Gasteiger partial charge in [0.25, 0.3) is 0 Å². The van der Waals surface area contributed by atoms with Crippen LogP contribution in [0.1, 0.15) is 19.3 Å². The summed E-state index contributed by atoms with van der Waals surface area (Å²) in [5, 5.41) is 0. The topological polar surface area (TPSA) is 32.5 Å². The number of nitrogens with two attached hydrogens (primary N) is 1. The zero-order valence-corrected chi connectivity index (χ0v) is 13.6. The normalized spacial score (nSPS) is 28.2. The molecule has 104 valence electrons. The van der Waals surface area contributed by atoms with Crippen LogP contribution in [0.3, 0.4) is 0 Å². The first-order valence-electron chi connectivity index (χ1n) is 7.15. The number of anilines is 2. The van der Waals surface area contributed by atoms with Crippen molar-refractivity contribution in [2.45, 2.75) is 25.3 Å². The molecule has 0 spiro atoms. The van der Waals surface area contributed by atoms with Gasteiger partial charge in [-0.15, -0.1) is 0 Å². The zero-order valence-electron chi connectivity index (χ0n) is 11.5. The summed E-state index contributed by atoms with van der Waals surface area (Å²) in [4.78, 5) is 5.13. The summed E-state index contributed by atoms with van der Waals surface area (Å²) < 4.78 is 1.28. The molecule has 2 aliphatic heterocycles. The van der Waals surface area contributed by atoms with Gasteiger partial charge in [-0.3, -0.25) is 0 Å². The quantitative estimate of drug-likeness (QED) is 0.609. The Morgan fingerprint density at radius 2 is 2.11 bits per heavy atom. The minimum absolute atomic E-state index is 0.802. The highest BCUT2D eigenvalue weighted by molar-refractivity contribution is 14.1. The van der Waals surface area contributed by atoms with Crippen LogP contribution >= 0.6 is 22.6 Å². The molecule has 4 heteroatoms. The fraction of sp³-hybridized carbons (Fsp3) is 0.600. The summed E-state index contributed by atoms with van der Waals surface area (Å²) in [7, 11) is 2.29. The van der Waals surface area contributed by atoms with Gasteiger partial charge in [-0.1, -0.05) is 0 Å². The Hall–Kier alpha value is -0.490. The maximum atomic E-state index is 5.85. The van der Waals surface area contributed by atoms with Gasteiger partial charge in [0.1, 0.15) is 0 Å². The van der Waals surface area contributed by atoms with E-state index in [1.165, 1.54) is 48.2 Å². The van der Waals surface area contributed by atoms with E-state index < -0.39 is 0 Å². The van der Waals surface area contributed by atoms with Crippen LogP contribution in [0.2, 0.25) is 0 Å². The smallest absolute Gasteiger partial charge is 0.0503 e. The van der Waals surface area contributed by atoms with Crippen LogP contribution in [0.4, 0.5) is 11.4 Å². The van der Waals surface area contributed by atoms with E-state index in [9.17, 15) is 0 Å². The highest BCUT2D eigenvalue weighted by Gasteiger charge is 2.34. The maximum absolute atomic E-state index is 5.85. The van der Waals surface area contributed by atoms with E-state index in [2.05, 4.69) is 51.6 Å². The first kappa shape index (κ1) is 13.5. The average molecular weight is 371 g/mol. The van der Waals surface area contributed by atoms with Crippen LogP contribution in [-0.4, -0.2) is 37.6 Å². The van der Waals surface area contributed by atoms with E-state index in [-0.39, 0.29) is 0 Å². The number of halogens is 1. The minimum atomic E-state index is 0.802. The lowest BCUT2D eigenvalue weighted by atomic mass is 9.84. The van der Waals surface area contributed by atoms with Crippen molar-refractivity contribution in [2.75, 3.05) is 37.3 Å². The lowest BCUT2D eigenvalue weighted by Gasteiger charge is -2.46. The number of nitrogen functional groups attached to an aromatic ring is 1. The number of hydrogen-bond donors (Lipinski definition) is 1. The molecule has 0 radical (unpaired) electrons. The van der Waals surface area contributed by atoms with Gasteiger partial charge < -0.3 is 15.5 Å². The van der Waals surface area contributed by atoms with E-state index in [1.54, 1.807) is 0 Å². The summed E-state index contributed by atoms with van der Waals surface area (Å²) >= 11 is 2.41. The molecule has 2 fully saturated rings. The van der Waals surface area contributed by atoms with Crippen molar-refractivity contribution in [3.8, 4) is 0 Å². The molecule has 2 saturated heterocycles. The van der Waals surface area contributed by atoms with Gasteiger partial charge >= 0.3 is 0 Å². The predicted molar refractivity (Wildman–Crippen MR) is 89.5 cm³/mol. The third-order valence-electron chi connectivity index (χ3n) is 4.66. The number of likely N-dealkylation sites (tertiary alicyclic amines) is 1. The molecular formula is C15H22IN3. The van der Waals surface area contributed by atoms with Gasteiger partial charge in [0.15, 0.2) is 0 Å². The summed E-state index contributed by atoms with van der Waals surface area (Å²) in [6.45, 7) is 3.65. The molecule has 0 aromatic heterocycles. The number of benzene rings is 1. The van der Waals surface area contributed by atoms with Crippen molar-refractivity contribution >= 4 is 34.0 Å². The van der Waals surface area contributed by atoms with Crippen LogP contribution in [0.25, 0.3) is 0 Å². The van der Waals surface area contributed by atoms with E-state index >= 15 is 0 Å². The number of nitrogens with zero attached hydrogens (tertiary/aromatic N) is 2. The second-order valence-electron chi connectivity index (χ2n) is 5.90. The van der Waals surface area contributed by atoms with Gasteiger partial charge in [-0.05, 0) is 79.6 Å². The van der Waals surface area contributed by atoms with Gasteiger partial charge in [0, 0.05) is 28.4 Å². The third kappa shape index (κ3) is 2.70. The number of hydrogen-bond acceptors (Lipinski definition) is 3. The monoisotopic (exact) mass is 371 g/mol. The summed E-state index contributed by atoms with van der Waals surface area (Å²) in [6, 6.07) is 7.09. The Balaban J connectivity index is 1.77. The second-order valence-corrected chi connectivity index (χ2v) is 7.06. The molecule has 2 aliphatic rings. The minimum Gasteiger partial charge on any atom is -0.399 e. The van der Waals surface area contributed by atoms with Crippen molar-refractivity contribution < 1.29 is 0 Å². The van der Waals surface area contributed by atoms with Crippen LogP contribution in [0.5, 0.6) is 0 Å². The maximum Gasteiger partial charge on any atom is 0.0503 e. The van der Waals surface area contributed by atoms with E-state index in [4.69, 9.17) is 5.73 Å². The van der Waals surface area contributed by atoms with Gasteiger partial charge in [-0.25, -0.2) is 0 Å². The number of rotatable bonds is 1. The third-order valence-corrected chi connectivity index (χ3v) is 5.52. The van der Waals surface area contributed by atoms with Crippen molar-refractivity contribution in [2.24, 2.45) is 5.92 Å². The van der Waals surface area contributed by atoms with Crippen molar-refractivity contribution in [3.05, 3.63) is 21.8 Å². The Bertz CT molecular complexity index is 463. The molecular weight excluding hydrogens is 349 g/mol. The molecule has 2 atom stereocenters. The first-order chi connectivity index (χ1) is 9.15. The molecule has 19 heavy (non-hydrogen) atoms. The van der Waals surface area contributed by atoms with Crippen LogP contribution in [0.15, 0.2) is 18.2 Å². The standard InChI is InChI=1S/C15H22IN3/c1-18-7-2-3-11-10-19(8-6-14(11)18)15-5-4-12(17)9-13(15)16/h4-5,9,11,14H,2-3,6-8,10,17H2,1H3. The van der Waals surface area contributed by atoms with E-state index in [0.29, 0.717) is 0 Å². The Kier molecular flexibility index (Phi) is 3.89. The van der Waals surface area contributed by atoms with Crippen molar-refractivity contribution in [1.82, 2.24) is 4.90 Å². The van der Waals surface area contributed by atoms with Gasteiger partial charge in [0.05, 0.1) is 5.69 Å².